The van der Waals surface area contributed by atoms with Gasteiger partial charge in [0, 0.05) is 57.1 Å². The summed E-state index contributed by atoms with van der Waals surface area (Å²) in [6, 6.07) is 5.58. The molecule has 2 aromatic rings. The Labute approximate surface area is 260 Å². The number of piperazine rings is 1. The number of morpholine rings is 1. The molecule has 15 nitrogen and oxygen atoms in total. The number of pyridine rings is 1. The van der Waals surface area contributed by atoms with Gasteiger partial charge in [0.25, 0.3) is 11.8 Å². The summed E-state index contributed by atoms with van der Waals surface area (Å²) in [4.78, 5) is 72.2. The van der Waals surface area contributed by atoms with Gasteiger partial charge in [-0.05, 0) is 38.0 Å². The molecule has 2 fully saturated rings. The molecule has 0 aliphatic carbocycles. The number of amides is 4. The van der Waals surface area contributed by atoms with Crippen LogP contribution in [0.3, 0.4) is 0 Å². The maximum absolute atomic E-state index is 13.5. The number of rotatable bonds is 11. The molecule has 3 heterocycles. The lowest BCUT2D eigenvalue weighted by molar-refractivity contribution is -0.142. The zero-order valence-electron chi connectivity index (χ0n) is 25.4. The number of aliphatic carboxylic acids is 1. The van der Waals surface area contributed by atoms with Crippen LogP contribution in [0.25, 0.3) is 10.9 Å². The Morgan fingerprint density at radius 3 is 2.49 bits per heavy atom. The van der Waals surface area contributed by atoms with Crippen LogP contribution in [0.2, 0.25) is 0 Å². The summed E-state index contributed by atoms with van der Waals surface area (Å²) in [7, 11) is 0. The second-order valence-corrected chi connectivity index (χ2v) is 10.8. The molecule has 0 bridgehead atoms. The van der Waals surface area contributed by atoms with Crippen LogP contribution < -0.4 is 10.1 Å². The fraction of sp³-hybridized carbons (Fsp3) is 0.533. The van der Waals surface area contributed by atoms with Crippen LogP contribution in [0.15, 0.2) is 24.3 Å². The molecular weight excluding hydrogens is 590 g/mol. The van der Waals surface area contributed by atoms with Crippen molar-refractivity contribution < 1.29 is 48.4 Å². The van der Waals surface area contributed by atoms with Crippen LogP contribution in [0, 0.1) is 6.92 Å². The molecule has 2 saturated heterocycles. The first-order valence-corrected chi connectivity index (χ1v) is 14.9. The standard InChI is InChI=1S/C30H39N5O10/c1-3-43-30(42)34-10-8-33(9-11-34)29(41)22(6-7-27(38)39)32-28(40)24-15-25(21-5-4-19(2)14-23(21)31-24)45-18-26(37)35-12-13-44-20(16-35)17-36/h4-5,14-15,20,22,36H,3,6-13,16-18H2,1-2H3,(H,32,40)(H,38,39). The lowest BCUT2D eigenvalue weighted by Crippen LogP contribution is -2.56. The SMILES string of the molecule is CCOC(=O)N1CCN(C(=O)C(CCC(=O)O)NC(=O)c2cc(OCC(=O)N3CCOC(CO)C3)c3ccc(C)cc3n2)CC1. The smallest absolute Gasteiger partial charge is 0.409 e. The number of aromatic nitrogens is 1. The number of nitrogens with zero attached hydrogens (tertiary/aromatic N) is 4. The first-order valence-electron chi connectivity index (χ1n) is 14.9. The Hall–Kier alpha value is -4.50. The Bertz CT molecular complexity index is 1410. The molecule has 0 radical (unpaired) electrons. The van der Waals surface area contributed by atoms with E-state index in [1.165, 1.54) is 20.8 Å². The van der Waals surface area contributed by atoms with Gasteiger partial charge in [0.1, 0.15) is 17.5 Å². The third-order valence-corrected chi connectivity index (χ3v) is 7.57. The van der Waals surface area contributed by atoms with Crippen LogP contribution in [-0.4, -0.2) is 138 Å². The summed E-state index contributed by atoms with van der Waals surface area (Å²) >= 11 is 0. The highest BCUT2D eigenvalue weighted by Crippen LogP contribution is 2.27. The molecular formula is C30H39N5O10. The lowest BCUT2D eigenvalue weighted by atomic mass is 10.1. The van der Waals surface area contributed by atoms with Crippen LogP contribution in [0.1, 0.15) is 35.8 Å². The number of carbonyl (C=O) groups is 5. The zero-order chi connectivity index (χ0) is 32.5. The molecule has 3 N–H and O–H groups in total. The van der Waals surface area contributed by atoms with Crippen LogP contribution in [0.4, 0.5) is 4.79 Å². The van der Waals surface area contributed by atoms with E-state index in [9.17, 15) is 34.2 Å². The predicted molar refractivity (Wildman–Crippen MR) is 159 cm³/mol. The van der Waals surface area contributed by atoms with Crippen molar-refractivity contribution in [2.24, 2.45) is 0 Å². The van der Waals surface area contributed by atoms with Crippen molar-refractivity contribution in [1.82, 2.24) is 25.0 Å². The lowest BCUT2D eigenvalue weighted by Gasteiger charge is -2.35. The quantitative estimate of drug-likeness (QED) is 0.312. The monoisotopic (exact) mass is 629 g/mol. The molecule has 2 aliphatic rings. The molecule has 1 aromatic heterocycles. The third kappa shape index (κ3) is 8.79. The van der Waals surface area contributed by atoms with Gasteiger partial charge >= 0.3 is 12.1 Å². The van der Waals surface area contributed by atoms with Gasteiger partial charge in [0.15, 0.2) is 6.61 Å². The van der Waals surface area contributed by atoms with Crippen molar-refractivity contribution in [2.75, 3.05) is 65.7 Å². The van der Waals surface area contributed by atoms with Gasteiger partial charge in [-0.1, -0.05) is 6.07 Å². The molecule has 244 valence electrons. The number of carboxylic acid groups (broad SMARTS) is 1. The number of aryl methyl sites for hydroxylation is 1. The van der Waals surface area contributed by atoms with E-state index in [0.29, 0.717) is 24.1 Å². The maximum atomic E-state index is 13.5. The van der Waals surface area contributed by atoms with E-state index >= 15 is 0 Å². The Morgan fingerprint density at radius 1 is 1.07 bits per heavy atom. The van der Waals surface area contributed by atoms with Gasteiger partial charge in [-0.15, -0.1) is 0 Å². The number of hydrogen-bond donors (Lipinski definition) is 3. The number of ether oxygens (including phenoxy) is 3. The average molecular weight is 630 g/mol. The van der Waals surface area contributed by atoms with Crippen molar-refractivity contribution in [3.8, 4) is 5.75 Å². The number of hydrogen-bond acceptors (Lipinski definition) is 10. The molecule has 4 amide bonds. The van der Waals surface area contributed by atoms with Crippen molar-refractivity contribution in [3.05, 3.63) is 35.5 Å². The summed E-state index contributed by atoms with van der Waals surface area (Å²) < 4.78 is 16.3. The molecule has 4 rings (SSSR count). The summed E-state index contributed by atoms with van der Waals surface area (Å²) in [5.41, 5.74) is 1.22. The zero-order valence-corrected chi connectivity index (χ0v) is 25.4. The number of benzene rings is 1. The van der Waals surface area contributed by atoms with Gasteiger partial charge in [0.05, 0.1) is 31.4 Å². The molecule has 1 aromatic carbocycles. The normalized spacial score (nSPS) is 17.5. The maximum Gasteiger partial charge on any atom is 0.409 e. The topological polar surface area (TPSA) is 188 Å². The summed E-state index contributed by atoms with van der Waals surface area (Å²) in [6.45, 7) is 4.98. The molecule has 2 aliphatic heterocycles. The van der Waals surface area contributed by atoms with Crippen molar-refractivity contribution in [2.45, 2.75) is 38.8 Å². The van der Waals surface area contributed by atoms with E-state index in [1.54, 1.807) is 19.1 Å². The highest BCUT2D eigenvalue weighted by molar-refractivity contribution is 5.99. The highest BCUT2D eigenvalue weighted by atomic mass is 16.6. The molecule has 2 unspecified atom stereocenters. The third-order valence-electron chi connectivity index (χ3n) is 7.57. The van der Waals surface area contributed by atoms with Gasteiger partial charge in [-0.2, -0.15) is 0 Å². The van der Waals surface area contributed by atoms with Crippen molar-refractivity contribution >= 4 is 40.7 Å². The summed E-state index contributed by atoms with van der Waals surface area (Å²) in [6.07, 6.45) is -1.46. The minimum Gasteiger partial charge on any atom is -0.483 e. The van der Waals surface area contributed by atoms with Crippen LogP contribution >= 0.6 is 0 Å². The van der Waals surface area contributed by atoms with E-state index in [0.717, 1.165) is 5.56 Å². The predicted octanol–water partition coefficient (Wildman–Crippen LogP) is 0.406. The Balaban J connectivity index is 1.50. The van der Waals surface area contributed by atoms with E-state index in [-0.39, 0.29) is 82.7 Å². The number of carboxylic acids is 1. The Morgan fingerprint density at radius 2 is 1.80 bits per heavy atom. The minimum atomic E-state index is -1.16. The number of carbonyl (C=O) groups excluding carboxylic acids is 4. The average Bonchev–Trinajstić information content (AvgIpc) is 3.04. The van der Waals surface area contributed by atoms with E-state index in [1.807, 2.05) is 13.0 Å². The molecule has 45 heavy (non-hydrogen) atoms. The number of aliphatic hydroxyl groups is 1. The number of aliphatic hydroxyl groups excluding tert-OH is 1. The van der Waals surface area contributed by atoms with Crippen molar-refractivity contribution in [3.63, 3.8) is 0 Å². The fourth-order valence-electron chi connectivity index (χ4n) is 5.13. The highest BCUT2D eigenvalue weighted by Gasteiger charge is 2.31. The van der Waals surface area contributed by atoms with Crippen LogP contribution in [0.5, 0.6) is 5.75 Å². The van der Waals surface area contributed by atoms with Gasteiger partial charge in [-0.25, -0.2) is 9.78 Å². The second kappa shape index (κ2) is 15.5. The molecule has 2 atom stereocenters. The molecule has 0 spiro atoms. The van der Waals surface area contributed by atoms with Gasteiger partial charge in [-0.3, -0.25) is 19.2 Å². The van der Waals surface area contributed by atoms with Gasteiger partial charge in [0.2, 0.25) is 5.91 Å². The second-order valence-electron chi connectivity index (χ2n) is 10.8. The fourth-order valence-corrected chi connectivity index (χ4v) is 5.13. The first kappa shape index (κ1) is 33.4. The summed E-state index contributed by atoms with van der Waals surface area (Å²) in [5.74, 6) is -2.41. The molecule has 15 heteroatoms. The Kier molecular flexibility index (Phi) is 11.5. The number of fused-ring (bicyclic) bond motifs is 1. The van der Waals surface area contributed by atoms with Crippen molar-refractivity contribution in [1.29, 1.82) is 0 Å². The number of nitrogens with one attached hydrogen (secondary N) is 1. The minimum absolute atomic E-state index is 0.0810. The summed E-state index contributed by atoms with van der Waals surface area (Å²) in [5, 5.41) is 21.9. The van der Waals surface area contributed by atoms with E-state index < -0.39 is 36.0 Å². The first-order chi connectivity index (χ1) is 21.6. The van der Waals surface area contributed by atoms with E-state index in [4.69, 9.17) is 14.2 Å². The van der Waals surface area contributed by atoms with E-state index in [2.05, 4.69) is 10.3 Å². The molecule has 0 saturated carbocycles. The van der Waals surface area contributed by atoms with Gasteiger partial charge < -0.3 is 44.4 Å². The van der Waals surface area contributed by atoms with Crippen LogP contribution in [-0.2, 0) is 23.9 Å². The largest absolute Gasteiger partial charge is 0.483 e.